The number of hydrogen-bond acceptors (Lipinski definition) is 1. The normalized spacial score (nSPS) is 9.17. The summed E-state index contributed by atoms with van der Waals surface area (Å²) in [5.74, 6) is 2.24. The molecule has 0 aliphatic heterocycles. The van der Waals surface area contributed by atoms with E-state index in [0.29, 0.717) is 11.1 Å². The summed E-state index contributed by atoms with van der Waals surface area (Å²) in [5.41, 5.74) is 1.02. The smallest absolute Gasteiger partial charge is 0.169 e. The predicted molar refractivity (Wildman–Crippen MR) is 45.6 cm³/mol. The summed E-state index contributed by atoms with van der Waals surface area (Å²) in [6.07, 6.45) is 5.15. The SMILES string of the molecule is C#Cc1ccc(OC)c(F)c1C. The number of benzene rings is 1. The van der Waals surface area contributed by atoms with Gasteiger partial charge in [-0.1, -0.05) is 5.92 Å². The van der Waals surface area contributed by atoms with Gasteiger partial charge in [0.1, 0.15) is 0 Å². The van der Waals surface area contributed by atoms with Gasteiger partial charge in [0.25, 0.3) is 0 Å². The van der Waals surface area contributed by atoms with Crippen molar-refractivity contribution in [1.29, 1.82) is 0 Å². The lowest BCUT2D eigenvalue weighted by Crippen LogP contribution is -1.93. The van der Waals surface area contributed by atoms with Crippen molar-refractivity contribution in [2.45, 2.75) is 6.92 Å². The third-order valence-corrected chi connectivity index (χ3v) is 1.73. The molecule has 0 atom stereocenters. The summed E-state index contributed by atoms with van der Waals surface area (Å²) >= 11 is 0. The molecule has 12 heavy (non-hydrogen) atoms. The second kappa shape index (κ2) is 3.27. The molecule has 0 saturated carbocycles. The monoisotopic (exact) mass is 164 g/mol. The van der Waals surface area contributed by atoms with Gasteiger partial charge >= 0.3 is 0 Å². The van der Waals surface area contributed by atoms with Gasteiger partial charge < -0.3 is 4.74 Å². The van der Waals surface area contributed by atoms with Crippen LogP contribution in [0.1, 0.15) is 11.1 Å². The molecule has 0 aliphatic rings. The minimum absolute atomic E-state index is 0.228. The minimum Gasteiger partial charge on any atom is -0.494 e. The minimum atomic E-state index is -0.382. The fourth-order valence-corrected chi connectivity index (χ4v) is 0.974. The third-order valence-electron chi connectivity index (χ3n) is 1.73. The quantitative estimate of drug-likeness (QED) is 0.578. The predicted octanol–water partition coefficient (Wildman–Crippen LogP) is 2.12. The van der Waals surface area contributed by atoms with Crippen molar-refractivity contribution >= 4 is 0 Å². The number of methoxy groups -OCH3 is 1. The number of halogens is 1. The van der Waals surface area contributed by atoms with Gasteiger partial charge in [-0.2, -0.15) is 0 Å². The maximum Gasteiger partial charge on any atom is 0.169 e. The first-order valence-electron chi connectivity index (χ1n) is 3.50. The molecule has 0 spiro atoms. The maximum atomic E-state index is 13.2. The van der Waals surface area contributed by atoms with E-state index in [-0.39, 0.29) is 11.6 Å². The lowest BCUT2D eigenvalue weighted by molar-refractivity contribution is 0.385. The third kappa shape index (κ3) is 1.26. The molecule has 0 heterocycles. The van der Waals surface area contributed by atoms with E-state index < -0.39 is 0 Å². The van der Waals surface area contributed by atoms with Crippen LogP contribution >= 0.6 is 0 Å². The van der Waals surface area contributed by atoms with Crippen LogP contribution in [0.5, 0.6) is 5.75 Å². The van der Waals surface area contributed by atoms with E-state index in [0.717, 1.165) is 0 Å². The average molecular weight is 164 g/mol. The van der Waals surface area contributed by atoms with E-state index in [2.05, 4.69) is 5.92 Å². The summed E-state index contributed by atoms with van der Waals surface area (Å²) < 4.78 is 18.0. The highest BCUT2D eigenvalue weighted by Gasteiger charge is 2.07. The Bertz CT molecular complexity index is 336. The van der Waals surface area contributed by atoms with Gasteiger partial charge in [-0.05, 0) is 19.1 Å². The van der Waals surface area contributed by atoms with Gasteiger partial charge in [-0.25, -0.2) is 4.39 Å². The Labute approximate surface area is 71.2 Å². The molecule has 0 radical (unpaired) electrons. The van der Waals surface area contributed by atoms with Gasteiger partial charge in [0.15, 0.2) is 11.6 Å². The molecule has 0 bridgehead atoms. The fraction of sp³-hybridized carbons (Fsp3) is 0.200. The molecule has 0 fully saturated rings. The van der Waals surface area contributed by atoms with E-state index in [9.17, 15) is 4.39 Å². The Morgan fingerprint density at radius 2 is 2.17 bits per heavy atom. The van der Waals surface area contributed by atoms with E-state index in [1.165, 1.54) is 13.2 Å². The van der Waals surface area contributed by atoms with E-state index in [4.69, 9.17) is 11.2 Å². The first kappa shape index (κ1) is 8.61. The zero-order valence-electron chi connectivity index (χ0n) is 7.02. The maximum absolute atomic E-state index is 13.2. The molecule has 0 aromatic heterocycles. The van der Waals surface area contributed by atoms with Crippen molar-refractivity contribution in [3.8, 4) is 18.1 Å². The molecular weight excluding hydrogens is 155 g/mol. The van der Waals surface area contributed by atoms with Crippen LogP contribution in [-0.2, 0) is 0 Å². The highest BCUT2D eigenvalue weighted by Crippen LogP contribution is 2.22. The van der Waals surface area contributed by atoms with Crippen LogP contribution in [0.25, 0.3) is 0 Å². The van der Waals surface area contributed by atoms with Crippen LogP contribution in [0.3, 0.4) is 0 Å². The lowest BCUT2D eigenvalue weighted by atomic mass is 10.1. The van der Waals surface area contributed by atoms with Crippen molar-refractivity contribution in [1.82, 2.24) is 0 Å². The van der Waals surface area contributed by atoms with Crippen LogP contribution in [0, 0.1) is 25.1 Å². The Hall–Kier alpha value is -1.49. The molecule has 0 aliphatic carbocycles. The van der Waals surface area contributed by atoms with Gasteiger partial charge in [0, 0.05) is 11.1 Å². The van der Waals surface area contributed by atoms with Crippen LogP contribution < -0.4 is 4.74 Å². The van der Waals surface area contributed by atoms with Crippen molar-refractivity contribution in [3.05, 3.63) is 29.1 Å². The van der Waals surface area contributed by atoms with E-state index in [1.807, 2.05) is 0 Å². The summed E-state index contributed by atoms with van der Waals surface area (Å²) in [6.45, 7) is 1.63. The Morgan fingerprint density at radius 1 is 1.50 bits per heavy atom. The Morgan fingerprint density at radius 3 is 2.67 bits per heavy atom. The van der Waals surface area contributed by atoms with Crippen LogP contribution in [-0.4, -0.2) is 7.11 Å². The van der Waals surface area contributed by atoms with Crippen molar-refractivity contribution < 1.29 is 9.13 Å². The van der Waals surface area contributed by atoms with E-state index in [1.54, 1.807) is 13.0 Å². The zero-order valence-corrected chi connectivity index (χ0v) is 7.02. The highest BCUT2D eigenvalue weighted by molar-refractivity contribution is 5.44. The number of ether oxygens (including phenoxy) is 1. The van der Waals surface area contributed by atoms with Crippen molar-refractivity contribution in [2.75, 3.05) is 7.11 Å². The summed E-state index contributed by atoms with van der Waals surface area (Å²) in [7, 11) is 1.42. The topological polar surface area (TPSA) is 9.23 Å². The number of terminal acetylenes is 1. The Kier molecular flexibility index (Phi) is 2.35. The fourth-order valence-electron chi connectivity index (χ4n) is 0.974. The standard InChI is InChI=1S/C10H9FO/c1-4-8-5-6-9(12-3)10(11)7(8)2/h1,5-6H,2-3H3. The van der Waals surface area contributed by atoms with Crippen LogP contribution in [0.4, 0.5) is 4.39 Å². The van der Waals surface area contributed by atoms with Crippen molar-refractivity contribution in [3.63, 3.8) is 0 Å². The van der Waals surface area contributed by atoms with Crippen LogP contribution in [0.15, 0.2) is 12.1 Å². The molecule has 1 nitrogen and oxygen atoms in total. The molecule has 1 aromatic rings. The van der Waals surface area contributed by atoms with E-state index >= 15 is 0 Å². The van der Waals surface area contributed by atoms with Crippen LogP contribution in [0.2, 0.25) is 0 Å². The second-order valence-electron chi connectivity index (χ2n) is 2.40. The molecular formula is C10H9FO. The zero-order chi connectivity index (χ0) is 9.14. The molecule has 2 heteroatoms. The highest BCUT2D eigenvalue weighted by atomic mass is 19.1. The summed E-state index contributed by atoms with van der Waals surface area (Å²) in [5, 5.41) is 0. The molecule has 0 N–H and O–H groups in total. The van der Waals surface area contributed by atoms with Gasteiger partial charge in [-0.15, -0.1) is 6.42 Å². The first-order valence-corrected chi connectivity index (χ1v) is 3.50. The molecule has 0 amide bonds. The molecule has 0 saturated heterocycles. The van der Waals surface area contributed by atoms with Crippen molar-refractivity contribution in [2.24, 2.45) is 0 Å². The first-order chi connectivity index (χ1) is 5.70. The molecule has 1 rings (SSSR count). The molecule has 1 aromatic carbocycles. The summed E-state index contributed by atoms with van der Waals surface area (Å²) in [4.78, 5) is 0. The largest absolute Gasteiger partial charge is 0.494 e. The van der Waals surface area contributed by atoms with Gasteiger partial charge in [-0.3, -0.25) is 0 Å². The number of hydrogen-bond donors (Lipinski definition) is 0. The lowest BCUT2D eigenvalue weighted by Gasteiger charge is -2.05. The summed E-state index contributed by atoms with van der Waals surface area (Å²) in [6, 6.07) is 3.19. The Balaban J connectivity index is 3.32. The van der Waals surface area contributed by atoms with Gasteiger partial charge in [0.2, 0.25) is 0 Å². The molecule has 62 valence electrons. The number of rotatable bonds is 1. The second-order valence-corrected chi connectivity index (χ2v) is 2.40. The van der Waals surface area contributed by atoms with Gasteiger partial charge in [0.05, 0.1) is 7.11 Å². The average Bonchev–Trinajstić information content (AvgIpc) is 2.10. The molecule has 0 unspecified atom stereocenters.